The van der Waals surface area contributed by atoms with Crippen molar-refractivity contribution in [2.75, 3.05) is 6.61 Å². The maximum absolute atomic E-state index is 13.0. The molecule has 1 amide bonds. The highest BCUT2D eigenvalue weighted by molar-refractivity contribution is 7.15. The number of aryl methyl sites for hydroxylation is 1. The molecule has 1 aliphatic carbocycles. The molecule has 2 aliphatic rings. The zero-order chi connectivity index (χ0) is 15.1. The summed E-state index contributed by atoms with van der Waals surface area (Å²) in [6.45, 7) is 0.517. The smallest absolute Gasteiger partial charge is 0.252 e. The molecule has 114 valence electrons. The van der Waals surface area contributed by atoms with Gasteiger partial charge in [-0.2, -0.15) is 0 Å². The monoisotopic (exact) mass is 318 g/mol. The molecule has 1 N–H and O–H groups in total. The second-order valence-electron chi connectivity index (χ2n) is 5.61. The van der Waals surface area contributed by atoms with E-state index in [-0.39, 0.29) is 23.9 Å². The first kappa shape index (κ1) is 13.8. The summed E-state index contributed by atoms with van der Waals surface area (Å²) < 4.78 is 18.1. The third-order valence-corrected chi connectivity index (χ3v) is 5.17. The van der Waals surface area contributed by atoms with Gasteiger partial charge in [-0.25, -0.2) is 9.37 Å². The minimum atomic E-state index is -0.277. The van der Waals surface area contributed by atoms with Crippen molar-refractivity contribution in [3.63, 3.8) is 0 Å². The van der Waals surface area contributed by atoms with Crippen LogP contribution in [0.4, 0.5) is 4.39 Å². The third kappa shape index (κ3) is 2.64. The maximum atomic E-state index is 13.0. The summed E-state index contributed by atoms with van der Waals surface area (Å²) in [5.41, 5.74) is 1.88. The standard InChI is InChI=1S/C16H15FN2O2S/c17-10-6-4-9(5-7-10)16-19-14-11(2-1-3-13(14)22-16)18-15(20)12-8-21-12/h4-7,11-12H,1-3,8H2,(H,18,20). The highest BCUT2D eigenvalue weighted by atomic mass is 32.1. The van der Waals surface area contributed by atoms with Crippen molar-refractivity contribution in [3.8, 4) is 10.6 Å². The van der Waals surface area contributed by atoms with Gasteiger partial charge in [0.25, 0.3) is 5.91 Å². The Morgan fingerprint density at radius 1 is 1.36 bits per heavy atom. The lowest BCUT2D eigenvalue weighted by Crippen LogP contribution is -2.33. The van der Waals surface area contributed by atoms with Gasteiger partial charge in [0.15, 0.2) is 6.10 Å². The number of epoxide rings is 1. The van der Waals surface area contributed by atoms with E-state index in [9.17, 15) is 9.18 Å². The molecule has 2 aromatic rings. The molecule has 1 fully saturated rings. The lowest BCUT2D eigenvalue weighted by molar-refractivity contribution is -0.123. The number of carbonyl (C=O) groups is 1. The number of amides is 1. The molecule has 1 aromatic carbocycles. The van der Waals surface area contributed by atoms with E-state index in [0.717, 1.165) is 35.5 Å². The Balaban J connectivity index is 1.61. The number of nitrogens with one attached hydrogen (secondary N) is 1. The largest absolute Gasteiger partial charge is 0.363 e. The van der Waals surface area contributed by atoms with Crippen molar-refractivity contribution in [2.24, 2.45) is 0 Å². The topological polar surface area (TPSA) is 54.5 Å². The lowest BCUT2D eigenvalue weighted by atomic mass is 9.97. The molecule has 0 spiro atoms. The number of fused-ring (bicyclic) bond motifs is 1. The minimum absolute atomic E-state index is 0.0362. The Morgan fingerprint density at radius 3 is 2.86 bits per heavy atom. The predicted molar refractivity (Wildman–Crippen MR) is 81.1 cm³/mol. The number of benzene rings is 1. The van der Waals surface area contributed by atoms with Crippen molar-refractivity contribution in [1.29, 1.82) is 0 Å². The molecule has 2 unspecified atom stereocenters. The molecule has 0 radical (unpaired) electrons. The van der Waals surface area contributed by atoms with E-state index < -0.39 is 0 Å². The SMILES string of the molecule is O=C(NC1CCCc2sc(-c3ccc(F)cc3)nc21)C1CO1. The second-order valence-corrected chi connectivity index (χ2v) is 6.69. The highest BCUT2D eigenvalue weighted by Crippen LogP contribution is 2.37. The first-order valence-corrected chi connectivity index (χ1v) is 8.20. The summed E-state index contributed by atoms with van der Waals surface area (Å²) in [5, 5.41) is 3.91. The van der Waals surface area contributed by atoms with E-state index >= 15 is 0 Å². The lowest BCUT2D eigenvalue weighted by Gasteiger charge is -2.21. The number of thiazole rings is 1. The zero-order valence-corrected chi connectivity index (χ0v) is 12.7. The normalized spacial score (nSPS) is 23.0. The molecule has 22 heavy (non-hydrogen) atoms. The van der Waals surface area contributed by atoms with Crippen LogP contribution in [0.15, 0.2) is 24.3 Å². The van der Waals surface area contributed by atoms with Crippen LogP contribution < -0.4 is 5.32 Å². The fourth-order valence-electron chi connectivity index (χ4n) is 2.74. The van der Waals surface area contributed by atoms with Crippen LogP contribution in [0.3, 0.4) is 0 Å². The van der Waals surface area contributed by atoms with E-state index in [0.29, 0.717) is 6.61 Å². The van der Waals surface area contributed by atoms with E-state index in [1.807, 2.05) is 0 Å². The summed E-state index contributed by atoms with van der Waals surface area (Å²) in [7, 11) is 0. The fraction of sp³-hybridized carbons (Fsp3) is 0.375. The summed E-state index contributed by atoms with van der Waals surface area (Å²) in [4.78, 5) is 17.8. The van der Waals surface area contributed by atoms with Crippen LogP contribution in [0.5, 0.6) is 0 Å². The molecular formula is C16H15FN2O2S. The molecule has 2 heterocycles. The summed E-state index contributed by atoms with van der Waals surface area (Å²) in [5.74, 6) is -0.297. The molecule has 4 rings (SSSR count). The average molecular weight is 318 g/mol. The number of aromatic nitrogens is 1. The van der Waals surface area contributed by atoms with Gasteiger partial charge in [-0.3, -0.25) is 4.79 Å². The van der Waals surface area contributed by atoms with Crippen LogP contribution >= 0.6 is 11.3 Å². The van der Waals surface area contributed by atoms with Gasteiger partial charge in [-0.05, 0) is 43.5 Å². The number of ether oxygens (including phenoxy) is 1. The van der Waals surface area contributed by atoms with E-state index in [1.54, 1.807) is 23.5 Å². The Kier molecular flexibility index (Phi) is 3.43. The Labute approximate surface area is 131 Å². The summed E-state index contributed by atoms with van der Waals surface area (Å²) >= 11 is 1.63. The van der Waals surface area contributed by atoms with Crippen molar-refractivity contribution in [3.05, 3.63) is 40.7 Å². The molecule has 4 nitrogen and oxygen atoms in total. The van der Waals surface area contributed by atoms with Crippen LogP contribution in [0, 0.1) is 5.82 Å². The van der Waals surface area contributed by atoms with Gasteiger partial charge < -0.3 is 10.1 Å². The van der Waals surface area contributed by atoms with E-state index in [4.69, 9.17) is 9.72 Å². The van der Waals surface area contributed by atoms with E-state index in [1.165, 1.54) is 17.0 Å². The second kappa shape index (κ2) is 5.44. The molecule has 0 bridgehead atoms. The van der Waals surface area contributed by atoms with Gasteiger partial charge in [0.2, 0.25) is 0 Å². The molecular weight excluding hydrogens is 303 g/mol. The quantitative estimate of drug-likeness (QED) is 0.886. The van der Waals surface area contributed by atoms with Crippen LogP contribution in [0.2, 0.25) is 0 Å². The first-order chi connectivity index (χ1) is 10.7. The number of carbonyl (C=O) groups excluding carboxylic acids is 1. The Hall–Kier alpha value is -1.79. The van der Waals surface area contributed by atoms with Crippen molar-refractivity contribution in [2.45, 2.75) is 31.4 Å². The first-order valence-electron chi connectivity index (χ1n) is 7.38. The number of hydrogen-bond acceptors (Lipinski definition) is 4. The van der Waals surface area contributed by atoms with Gasteiger partial charge in [-0.1, -0.05) is 0 Å². The molecule has 1 aliphatic heterocycles. The zero-order valence-electron chi connectivity index (χ0n) is 11.8. The van der Waals surface area contributed by atoms with Crippen LogP contribution in [-0.4, -0.2) is 23.6 Å². The minimum Gasteiger partial charge on any atom is -0.363 e. The Bertz CT molecular complexity index is 709. The number of rotatable bonds is 3. The molecule has 6 heteroatoms. The summed E-state index contributed by atoms with van der Waals surface area (Å²) in [6, 6.07) is 6.33. The van der Waals surface area contributed by atoms with E-state index in [2.05, 4.69) is 5.32 Å². The fourth-order valence-corrected chi connectivity index (χ4v) is 3.91. The van der Waals surface area contributed by atoms with Crippen LogP contribution in [0.25, 0.3) is 10.6 Å². The van der Waals surface area contributed by atoms with Gasteiger partial charge in [-0.15, -0.1) is 11.3 Å². The average Bonchev–Trinajstić information content (AvgIpc) is 3.28. The van der Waals surface area contributed by atoms with Gasteiger partial charge in [0, 0.05) is 10.4 Å². The van der Waals surface area contributed by atoms with Gasteiger partial charge >= 0.3 is 0 Å². The predicted octanol–water partition coefficient (Wildman–Crippen LogP) is 2.84. The van der Waals surface area contributed by atoms with Crippen molar-refractivity contribution < 1.29 is 13.9 Å². The highest BCUT2D eigenvalue weighted by Gasteiger charge is 2.34. The van der Waals surface area contributed by atoms with Crippen molar-refractivity contribution in [1.82, 2.24) is 10.3 Å². The van der Waals surface area contributed by atoms with Crippen LogP contribution in [0.1, 0.15) is 29.5 Å². The molecule has 1 saturated heterocycles. The molecule has 1 aromatic heterocycles. The summed E-state index contributed by atoms with van der Waals surface area (Å²) in [6.07, 6.45) is 2.65. The third-order valence-electron chi connectivity index (χ3n) is 3.99. The van der Waals surface area contributed by atoms with Crippen molar-refractivity contribution >= 4 is 17.2 Å². The number of halogens is 1. The molecule has 0 saturated carbocycles. The van der Waals surface area contributed by atoms with Gasteiger partial charge in [0.05, 0.1) is 18.3 Å². The molecule has 2 atom stereocenters. The van der Waals surface area contributed by atoms with Crippen LogP contribution in [-0.2, 0) is 16.0 Å². The Morgan fingerprint density at radius 2 is 2.14 bits per heavy atom. The van der Waals surface area contributed by atoms with Gasteiger partial charge in [0.1, 0.15) is 10.8 Å². The maximum Gasteiger partial charge on any atom is 0.252 e. The number of hydrogen-bond donors (Lipinski definition) is 1. The number of nitrogens with zero attached hydrogens (tertiary/aromatic N) is 1.